The average Bonchev–Trinajstić information content (AvgIpc) is 2.44. The van der Waals surface area contributed by atoms with Crippen molar-refractivity contribution in [1.82, 2.24) is 5.32 Å². The van der Waals surface area contributed by atoms with Crippen LogP contribution in [0.5, 0.6) is 0 Å². The fraction of sp³-hybridized carbons (Fsp3) is 0.471. The Labute approximate surface area is 125 Å². The van der Waals surface area contributed by atoms with E-state index in [0.717, 1.165) is 5.56 Å². The first kappa shape index (κ1) is 17.1. The summed E-state index contributed by atoms with van der Waals surface area (Å²) in [5, 5.41) is 2.76. The Kier molecular flexibility index (Phi) is 6.79. The van der Waals surface area contributed by atoms with E-state index in [9.17, 15) is 14.4 Å². The highest BCUT2D eigenvalue weighted by atomic mass is 16.2. The van der Waals surface area contributed by atoms with Gasteiger partial charge in [-0.1, -0.05) is 44.2 Å². The van der Waals surface area contributed by atoms with Crippen molar-refractivity contribution >= 4 is 17.5 Å². The molecule has 1 amide bonds. The van der Waals surface area contributed by atoms with Crippen LogP contribution >= 0.6 is 0 Å². The Balaban J connectivity index is 2.71. The molecule has 1 rings (SSSR count). The molecule has 0 aliphatic rings. The lowest BCUT2D eigenvalue weighted by Gasteiger charge is -2.19. The fourth-order valence-electron chi connectivity index (χ4n) is 2.03. The normalized spacial score (nSPS) is 12.0. The number of carbonyl (C=O) groups is 3. The standard InChI is InChI=1S/C17H23NO3/c1-12(2)17(21)15(11-14-7-5-4-6-8-14)18-16(20)10-9-13(3)19/h4-8,12,15H,9-11H2,1-3H3,(H,18,20). The molecule has 0 saturated heterocycles. The number of hydrogen-bond donors (Lipinski definition) is 1. The molecule has 0 spiro atoms. The third kappa shape index (κ3) is 6.34. The molecular formula is C17H23NO3. The van der Waals surface area contributed by atoms with Crippen LogP contribution in [0, 0.1) is 5.92 Å². The molecule has 0 aromatic heterocycles. The lowest BCUT2D eigenvalue weighted by molar-refractivity contribution is -0.130. The second kappa shape index (κ2) is 8.35. The molecule has 4 nitrogen and oxygen atoms in total. The van der Waals surface area contributed by atoms with E-state index in [1.165, 1.54) is 6.92 Å². The monoisotopic (exact) mass is 289 g/mol. The molecule has 1 N–H and O–H groups in total. The molecule has 1 aromatic rings. The van der Waals surface area contributed by atoms with Crippen molar-refractivity contribution in [1.29, 1.82) is 0 Å². The molecule has 114 valence electrons. The van der Waals surface area contributed by atoms with E-state index in [1.807, 2.05) is 44.2 Å². The Hall–Kier alpha value is -1.97. The van der Waals surface area contributed by atoms with Crippen molar-refractivity contribution < 1.29 is 14.4 Å². The second-order valence-electron chi connectivity index (χ2n) is 5.57. The van der Waals surface area contributed by atoms with E-state index in [1.54, 1.807) is 0 Å². The van der Waals surface area contributed by atoms with Crippen LogP contribution in [0.3, 0.4) is 0 Å². The van der Waals surface area contributed by atoms with Gasteiger partial charge in [-0.25, -0.2) is 0 Å². The van der Waals surface area contributed by atoms with Crippen LogP contribution in [-0.4, -0.2) is 23.5 Å². The van der Waals surface area contributed by atoms with Gasteiger partial charge in [0, 0.05) is 18.8 Å². The summed E-state index contributed by atoms with van der Waals surface area (Å²) in [7, 11) is 0. The van der Waals surface area contributed by atoms with E-state index >= 15 is 0 Å². The van der Waals surface area contributed by atoms with Gasteiger partial charge in [-0.3, -0.25) is 9.59 Å². The van der Waals surface area contributed by atoms with Crippen molar-refractivity contribution in [3.05, 3.63) is 35.9 Å². The molecule has 0 radical (unpaired) electrons. The van der Waals surface area contributed by atoms with Gasteiger partial charge in [0.2, 0.25) is 5.91 Å². The Morgan fingerprint density at radius 1 is 1.05 bits per heavy atom. The van der Waals surface area contributed by atoms with E-state index in [-0.39, 0.29) is 36.2 Å². The summed E-state index contributed by atoms with van der Waals surface area (Å²) in [5.41, 5.74) is 1.00. The Bertz CT molecular complexity index is 494. The van der Waals surface area contributed by atoms with Crippen LogP contribution in [0.1, 0.15) is 39.2 Å². The Morgan fingerprint density at radius 3 is 2.19 bits per heavy atom. The largest absolute Gasteiger partial charge is 0.346 e. The number of rotatable bonds is 8. The lowest BCUT2D eigenvalue weighted by atomic mass is 9.95. The van der Waals surface area contributed by atoms with Crippen LogP contribution < -0.4 is 5.32 Å². The molecule has 0 bridgehead atoms. The van der Waals surface area contributed by atoms with Gasteiger partial charge in [0.25, 0.3) is 0 Å². The minimum Gasteiger partial charge on any atom is -0.346 e. The average molecular weight is 289 g/mol. The van der Waals surface area contributed by atoms with E-state index < -0.39 is 6.04 Å². The highest BCUT2D eigenvalue weighted by molar-refractivity contribution is 5.91. The number of carbonyl (C=O) groups excluding carboxylic acids is 3. The maximum atomic E-state index is 12.2. The third-order valence-electron chi connectivity index (χ3n) is 3.23. The van der Waals surface area contributed by atoms with Gasteiger partial charge in [0.1, 0.15) is 5.78 Å². The lowest BCUT2D eigenvalue weighted by Crippen LogP contribution is -2.44. The van der Waals surface area contributed by atoms with Crippen LogP contribution in [0.15, 0.2) is 30.3 Å². The SMILES string of the molecule is CC(=O)CCC(=O)NC(Cc1ccccc1)C(=O)C(C)C. The van der Waals surface area contributed by atoms with Crippen LogP contribution in [0.2, 0.25) is 0 Å². The highest BCUT2D eigenvalue weighted by Gasteiger charge is 2.23. The van der Waals surface area contributed by atoms with Crippen molar-refractivity contribution in [2.45, 2.75) is 46.1 Å². The molecule has 1 unspecified atom stereocenters. The predicted molar refractivity (Wildman–Crippen MR) is 81.8 cm³/mol. The summed E-state index contributed by atoms with van der Waals surface area (Å²) in [5.74, 6) is -0.415. The van der Waals surface area contributed by atoms with Crippen molar-refractivity contribution in [3.63, 3.8) is 0 Å². The highest BCUT2D eigenvalue weighted by Crippen LogP contribution is 2.09. The van der Waals surface area contributed by atoms with Crippen molar-refractivity contribution in [2.24, 2.45) is 5.92 Å². The number of benzene rings is 1. The number of hydrogen-bond acceptors (Lipinski definition) is 3. The van der Waals surface area contributed by atoms with Gasteiger partial charge in [-0.15, -0.1) is 0 Å². The van der Waals surface area contributed by atoms with E-state index in [2.05, 4.69) is 5.32 Å². The van der Waals surface area contributed by atoms with E-state index in [0.29, 0.717) is 6.42 Å². The molecule has 4 heteroatoms. The van der Waals surface area contributed by atoms with Gasteiger partial charge in [-0.05, 0) is 18.9 Å². The first-order valence-electron chi connectivity index (χ1n) is 7.26. The maximum Gasteiger partial charge on any atom is 0.221 e. The number of amides is 1. The smallest absolute Gasteiger partial charge is 0.221 e. The molecular weight excluding hydrogens is 266 g/mol. The van der Waals surface area contributed by atoms with Crippen LogP contribution in [0.4, 0.5) is 0 Å². The topological polar surface area (TPSA) is 63.2 Å². The zero-order valence-electron chi connectivity index (χ0n) is 12.9. The number of nitrogens with one attached hydrogen (secondary N) is 1. The molecule has 0 aliphatic carbocycles. The molecule has 0 heterocycles. The quantitative estimate of drug-likeness (QED) is 0.798. The van der Waals surface area contributed by atoms with Gasteiger partial charge in [0.05, 0.1) is 6.04 Å². The van der Waals surface area contributed by atoms with Crippen LogP contribution in [-0.2, 0) is 20.8 Å². The summed E-state index contributed by atoms with van der Waals surface area (Å²) in [6.45, 7) is 5.10. The van der Waals surface area contributed by atoms with Crippen molar-refractivity contribution in [3.8, 4) is 0 Å². The summed E-state index contributed by atoms with van der Waals surface area (Å²) in [6.07, 6.45) is 0.815. The maximum absolute atomic E-state index is 12.2. The minimum atomic E-state index is -0.535. The van der Waals surface area contributed by atoms with Gasteiger partial charge in [-0.2, -0.15) is 0 Å². The number of Topliss-reactive ketones (excluding diaryl/α,β-unsaturated/α-hetero) is 2. The summed E-state index contributed by atoms with van der Waals surface area (Å²) in [6, 6.07) is 9.05. The zero-order valence-corrected chi connectivity index (χ0v) is 12.9. The summed E-state index contributed by atoms with van der Waals surface area (Å²) >= 11 is 0. The van der Waals surface area contributed by atoms with Gasteiger partial charge in [0.15, 0.2) is 5.78 Å². The van der Waals surface area contributed by atoms with Crippen molar-refractivity contribution in [2.75, 3.05) is 0 Å². The first-order valence-corrected chi connectivity index (χ1v) is 7.26. The molecule has 0 saturated carbocycles. The van der Waals surface area contributed by atoms with Gasteiger partial charge < -0.3 is 10.1 Å². The molecule has 0 fully saturated rings. The third-order valence-corrected chi connectivity index (χ3v) is 3.23. The summed E-state index contributed by atoms with van der Waals surface area (Å²) in [4.78, 5) is 35.0. The van der Waals surface area contributed by atoms with E-state index in [4.69, 9.17) is 0 Å². The Morgan fingerprint density at radius 2 is 1.67 bits per heavy atom. The second-order valence-corrected chi connectivity index (χ2v) is 5.57. The zero-order chi connectivity index (χ0) is 15.8. The summed E-state index contributed by atoms with van der Waals surface area (Å²) < 4.78 is 0. The molecule has 21 heavy (non-hydrogen) atoms. The first-order chi connectivity index (χ1) is 9.90. The number of ketones is 2. The molecule has 1 atom stereocenters. The van der Waals surface area contributed by atoms with Crippen LogP contribution in [0.25, 0.3) is 0 Å². The molecule has 0 aliphatic heterocycles. The fourth-order valence-corrected chi connectivity index (χ4v) is 2.03. The minimum absolute atomic E-state index is 0.00929. The molecule has 1 aromatic carbocycles. The van der Waals surface area contributed by atoms with Gasteiger partial charge >= 0.3 is 0 Å². The predicted octanol–water partition coefficient (Wildman–Crippen LogP) is 2.31.